The van der Waals surface area contributed by atoms with Gasteiger partial charge in [-0.15, -0.1) is 0 Å². The van der Waals surface area contributed by atoms with Crippen LogP contribution in [0.1, 0.15) is 20.3 Å². The Hall–Kier alpha value is -0.0400. The van der Waals surface area contributed by atoms with Crippen LogP contribution in [0.4, 0.5) is 0 Å². The van der Waals surface area contributed by atoms with Crippen LogP contribution in [-0.2, 0) is 0 Å². The average molecular weight is 85.2 g/mol. The van der Waals surface area contributed by atoms with Crippen molar-refractivity contribution in [3.05, 3.63) is 0 Å². The third kappa shape index (κ3) is 0.548. The van der Waals surface area contributed by atoms with Gasteiger partial charge in [-0.2, -0.15) is 0 Å². The second-order valence-electron chi connectivity index (χ2n) is 2.20. The number of hydrogen-bond acceptors (Lipinski definition) is 1. The van der Waals surface area contributed by atoms with Crippen molar-refractivity contribution in [2.75, 3.05) is 0 Å². The topological polar surface area (TPSA) is 12.0 Å². The van der Waals surface area contributed by atoms with Gasteiger partial charge in [0.05, 0.1) is 0 Å². The molecule has 1 nitrogen and oxygen atoms in total. The number of rotatable bonds is 0. The molecule has 36 valence electrons. The van der Waals surface area contributed by atoms with Crippen LogP contribution in [0, 0.1) is 0 Å². The maximum absolute atomic E-state index is 3.31. The van der Waals surface area contributed by atoms with E-state index >= 15 is 0 Å². The van der Waals surface area contributed by atoms with E-state index < -0.39 is 0 Å². The highest BCUT2D eigenvalue weighted by molar-refractivity contribution is 4.80. The highest BCUT2D eigenvalue weighted by Crippen LogP contribution is 2.07. The Balaban J connectivity index is 2.11. The first-order valence-corrected chi connectivity index (χ1v) is 2.55. The molecule has 1 aliphatic heterocycles. The Labute approximate surface area is 38.7 Å². The summed E-state index contributed by atoms with van der Waals surface area (Å²) >= 11 is 0. The van der Waals surface area contributed by atoms with Crippen LogP contribution in [0.3, 0.4) is 0 Å². The number of hydrogen-bond donors (Lipinski definition) is 1. The molecule has 1 aliphatic rings. The van der Waals surface area contributed by atoms with Gasteiger partial charge >= 0.3 is 0 Å². The van der Waals surface area contributed by atoms with Gasteiger partial charge in [-0.05, 0) is 20.3 Å². The lowest BCUT2D eigenvalue weighted by molar-refractivity contribution is 0.302. The molecule has 2 atom stereocenters. The monoisotopic (exact) mass is 85.1 g/mol. The van der Waals surface area contributed by atoms with E-state index in [-0.39, 0.29) is 0 Å². The molecule has 0 saturated carbocycles. The molecule has 0 amide bonds. The van der Waals surface area contributed by atoms with Crippen molar-refractivity contribution in [1.82, 2.24) is 5.32 Å². The van der Waals surface area contributed by atoms with E-state index in [1.807, 2.05) is 0 Å². The van der Waals surface area contributed by atoms with Gasteiger partial charge < -0.3 is 5.32 Å². The van der Waals surface area contributed by atoms with Gasteiger partial charge in [-0.25, -0.2) is 0 Å². The van der Waals surface area contributed by atoms with Crippen LogP contribution < -0.4 is 5.32 Å². The molecule has 0 bridgehead atoms. The zero-order valence-electron chi connectivity index (χ0n) is 4.36. The van der Waals surface area contributed by atoms with Crippen molar-refractivity contribution in [2.24, 2.45) is 0 Å². The third-order valence-electron chi connectivity index (χ3n) is 1.28. The zero-order valence-corrected chi connectivity index (χ0v) is 4.36. The van der Waals surface area contributed by atoms with Gasteiger partial charge in [0.2, 0.25) is 0 Å². The Kier molecular flexibility index (Phi) is 0.845. The molecule has 0 radical (unpaired) electrons. The number of nitrogens with one attached hydrogen (secondary N) is 1. The Morgan fingerprint density at radius 2 is 1.67 bits per heavy atom. The highest BCUT2D eigenvalue weighted by Gasteiger charge is 2.17. The molecule has 1 heterocycles. The Morgan fingerprint density at radius 3 is 1.67 bits per heavy atom. The van der Waals surface area contributed by atoms with Gasteiger partial charge in [0.25, 0.3) is 0 Å². The average Bonchev–Trinajstić information content (AvgIpc) is 1.33. The lowest BCUT2D eigenvalue weighted by Gasteiger charge is -2.31. The SMILES string of the molecule is CC1C[C@@H](C)N1. The van der Waals surface area contributed by atoms with Crippen molar-refractivity contribution in [2.45, 2.75) is 32.4 Å². The van der Waals surface area contributed by atoms with E-state index in [2.05, 4.69) is 19.2 Å². The molecule has 0 aliphatic carbocycles. The van der Waals surface area contributed by atoms with Gasteiger partial charge in [-0.3, -0.25) is 0 Å². The van der Waals surface area contributed by atoms with Crippen LogP contribution in [0.5, 0.6) is 0 Å². The predicted molar refractivity (Wildman–Crippen MR) is 26.7 cm³/mol. The zero-order chi connectivity index (χ0) is 4.57. The Morgan fingerprint density at radius 1 is 1.33 bits per heavy atom. The second-order valence-corrected chi connectivity index (χ2v) is 2.20. The van der Waals surface area contributed by atoms with Gasteiger partial charge in [-0.1, -0.05) is 0 Å². The van der Waals surface area contributed by atoms with E-state index in [4.69, 9.17) is 0 Å². The first-order valence-electron chi connectivity index (χ1n) is 2.55. The minimum atomic E-state index is 0.792. The maximum Gasteiger partial charge on any atom is 0.00559 e. The second kappa shape index (κ2) is 1.23. The summed E-state index contributed by atoms with van der Waals surface area (Å²) in [7, 11) is 0. The molecular formula is C5H11N. The first-order chi connectivity index (χ1) is 2.79. The maximum atomic E-state index is 3.31. The normalized spacial score (nSPS) is 45.0. The summed E-state index contributed by atoms with van der Waals surface area (Å²) in [5, 5.41) is 3.31. The molecular weight excluding hydrogens is 74.1 g/mol. The van der Waals surface area contributed by atoms with Crippen molar-refractivity contribution >= 4 is 0 Å². The summed E-state index contributed by atoms with van der Waals surface area (Å²) in [6.45, 7) is 4.42. The summed E-state index contributed by atoms with van der Waals surface area (Å²) < 4.78 is 0. The third-order valence-corrected chi connectivity index (χ3v) is 1.28. The standard InChI is InChI=1S/C5H11N/c1-4-3-5(2)6-4/h4-6H,3H2,1-2H3/t4-,5?/m1/s1. The van der Waals surface area contributed by atoms with E-state index in [1.54, 1.807) is 0 Å². The predicted octanol–water partition coefficient (Wildman–Crippen LogP) is 0.757. The van der Waals surface area contributed by atoms with Gasteiger partial charge in [0, 0.05) is 12.1 Å². The molecule has 0 spiro atoms. The van der Waals surface area contributed by atoms with E-state index in [9.17, 15) is 0 Å². The molecule has 0 aromatic carbocycles. The molecule has 1 rings (SSSR count). The lowest BCUT2D eigenvalue weighted by Crippen LogP contribution is -2.48. The fraction of sp³-hybridized carbons (Fsp3) is 1.00. The minimum absolute atomic E-state index is 0.792. The minimum Gasteiger partial charge on any atom is -0.312 e. The molecule has 6 heavy (non-hydrogen) atoms. The highest BCUT2D eigenvalue weighted by atomic mass is 15.0. The fourth-order valence-corrected chi connectivity index (χ4v) is 0.992. The molecule has 0 aromatic heterocycles. The van der Waals surface area contributed by atoms with Gasteiger partial charge in [0.1, 0.15) is 0 Å². The molecule has 1 fully saturated rings. The molecule has 0 aromatic rings. The van der Waals surface area contributed by atoms with E-state index in [1.165, 1.54) is 6.42 Å². The summed E-state index contributed by atoms with van der Waals surface area (Å²) in [6.07, 6.45) is 1.36. The van der Waals surface area contributed by atoms with Crippen LogP contribution in [0.2, 0.25) is 0 Å². The van der Waals surface area contributed by atoms with E-state index in [0.717, 1.165) is 12.1 Å². The van der Waals surface area contributed by atoms with Crippen molar-refractivity contribution in [3.63, 3.8) is 0 Å². The van der Waals surface area contributed by atoms with Gasteiger partial charge in [0.15, 0.2) is 0 Å². The van der Waals surface area contributed by atoms with E-state index in [0.29, 0.717) is 0 Å². The molecule has 1 N–H and O–H groups in total. The summed E-state index contributed by atoms with van der Waals surface area (Å²) in [5.74, 6) is 0. The molecule has 1 heteroatoms. The first kappa shape index (κ1) is 4.13. The summed E-state index contributed by atoms with van der Waals surface area (Å²) in [6, 6.07) is 1.58. The van der Waals surface area contributed by atoms with Crippen LogP contribution in [0.15, 0.2) is 0 Å². The fourth-order valence-electron chi connectivity index (χ4n) is 0.992. The smallest absolute Gasteiger partial charge is 0.00559 e. The quantitative estimate of drug-likeness (QED) is 0.458. The van der Waals surface area contributed by atoms with Crippen LogP contribution in [0.25, 0.3) is 0 Å². The summed E-state index contributed by atoms with van der Waals surface area (Å²) in [4.78, 5) is 0. The Bertz CT molecular complexity index is 39.9. The molecule has 1 unspecified atom stereocenters. The van der Waals surface area contributed by atoms with Crippen LogP contribution >= 0.6 is 0 Å². The van der Waals surface area contributed by atoms with Crippen molar-refractivity contribution in [3.8, 4) is 0 Å². The summed E-state index contributed by atoms with van der Waals surface area (Å²) in [5.41, 5.74) is 0. The largest absolute Gasteiger partial charge is 0.312 e. The van der Waals surface area contributed by atoms with Crippen molar-refractivity contribution in [1.29, 1.82) is 0 Å². The lowest BCUT2D eigenvalue weighted by atomic mass is 10.0. The van der Waals surface area contributed by atoms with Crippen LogP contribution in [-0.4, -0.2) is 12.1 Å². The van der Waals surface area contributed by atoms with Crippen molar-refractivity contribution < 1.29 is 0 Å². The molecule has 1 saturated heterocycles.